The second-order valence-corrected chi connectivity index (χ2v) is 7.22. The van der Waals surface area contributed by atoms with Crippen LogP contribution >= 0.6 is 0 Å². The van der Waals surface area contributed by atoms with E-state index >= 15 is 0 Å². The highest BCUT2D eigenvalue weighted by atomic mass is 16.5. The molecule has 0 heterocycles. The Bertz CT molecular complexity index is 863. The normalized spacial score (nSPS) is 14.8. The number of rotatable bonds is 9. The zero-order valence-corrected chi connectivity index (χ0v) is 17.6. The predicted octanol–water partition coefficient (Wildman–Crippen LogP) is 3.50. The van der Waals surface area contributed by atoms with Gasteiger partial charge in [-0.2, -0.15) is 0 Å². The lowest BCUT2D eigenvalue weighted by molar-refractivity contribution is 0.0914. The molecule has 0 aliphatic heterocycles. The van der Waals surface area contributed by atoms with Crippen LogP contribution in [-0.2, 0) is 0 Å². The molecule has 30 heavy (non-hydrogen) atoms. The van der Waals surface area contributed by atoms with Crippen LogP contribution in [0.5, 0.6) is 23.0 Å². The fourth-order valence-corrected chi connectivity index (χ4v) is 3.59. The lowest BCUT2D eigenvalue weighted by Crippen LogP contribution is -2.28. The minimum absolute atomic E-state index is 0.0189. The Morgan fingerprint density at radius 2 is 1.70 bits per heavy atom. The van der Waals surface area contributed by atoms with Gasteiger partial charge in [-0.15, -0.1) is 0 Å². The first-order valence-electron chi connectivity index (χ1n) is 10.1. The molecule has 0 spiro atoms. The Labute approximate surface area is 176 Å². The third-order valence-corrected chi connectivity index (χ3v) is 5.27. The molecule has 162 valence electrons. The van der Waals surface area contributed by atoms with Gasteiger partial charge < -0.3 is 29.4 Å². The molecule has 2 N–H and O–H groups in total. The molecule has 7 nitrogen and oxygen atoms in total. The minimum atomic E-state index is -0.953. The highest BCUT2D eigenvalue weighted by Gasteiger charge is 2.20. The smallest absolute Gasteiger partial charge is 0.251 e. The number of nitrogens with one attached hydrogen (secondary N) is 1. The number of benzene rings is 2. The van der Waals surface area contributed by atoms with Crippen LogP contribution in [0.4, 0.5) is 0 Å². The maximum atomic E-state index is 12.6. The molecule has 1 atom stereocenters. The van der Waals surface area contributed by atoms with Crippen molar-refractivity contribution in [3.63, 3.8) is 0 Å². The summed E-state index contributed by atoms with van der Waals surface area (Å²) < 4.78 is 21.9. The zero-order chi connectivity index (χ0) is 21.5. The van der Waals surface area contributed by atoms with Gasteiger partial charge in [0.15, 0.2) is 11.5 Å². The number of carbonyl (C=O) groups is 1. The van der Waals surface area contributed by atoms with E-state index in [9.17, 15) is 9.90 Å². The summed E-state index contributed by atoms with van der Waals surface area (Å²) >= 11 is 0. The third-order valence-electron chi connectivity index (χ3n) is 5.27. The summed E-state index contributed by atoms with van der Waals surface area (Å²) in [7, 11) is 4.63. The molecule has 1 aliphatic rings. The van der Waals surface area contributed by atoms with Crippen molar-refractivity contribution in [2.45, 2.75) is 37.9 Å². The molecule has 7 heteroatoms. The van der Waals surface area contributed by atoms with Gasteiger partial charge in [0.1, 0.15) is 17.6 Å². The van der Waals surface area contributed by atoms with Crippen molar-refractivity contribution in [1.29, 1.82) is 0 Å². The van der Waals surface area contributed by atoms with E-state index < -0.39 is 6.10 Å². The molecule has 2 aromatic rings. The van der Waals surface area contributed by atoms with Crippen LogP contribution in [0.3, 0.4) is 0 Å². The van der Waals surface area contributed by atoms with Gasteiger partial charge in [-0.05, 0) is 62.1 Å². The lowest BCUT2D eigenvalue weighted by Gasteiger charge is -2.18. The van der Waals surface area contributed by atoms with Gasteiger partial charge >= 0.3 is 0 Å². The number of hydrogen-bond acceptors (Lipinski definition) is 6. The zero-order valence-electron chi connectivity index (χ0n) is 17.6. The van der Waals surface area contributed by atoms with Crippen LogP contribution in [0.1, 0.15) is 47.7 Å². The summed E-state index contributed by atoms with van der Waals surface area (Å²) in [5.74, 6) is 1.96. The standard InChI is InChI=1S/C23H29NO6/c1-27-17-9-11-20(28-2)18(13-17)19(25)14-24-23(26)15-8-10-21(22(12-15)29-3)30-16-6-4-5-7-16/h8-13,16,19,25H,4-7,14H2,1-3H3,(H,24,26). The van der Waals surface area contributed by atoms with Crippen molar-refractivity contribution >= 4 is 5.91 Å². The number of carbonyl (C=O) groups excluding carboxylic acids is 1. The summed E-state index contributed by atoms with van der Waals surface area (Å²) in [6.07, 6.45) is 3.67. The second-order valence-electron chi connectivity index (χ2n) is 7.22. The first-order valence-corrected chi connectivity index (χ1v) is 10.1. The molecule has 1 fully saturated rings. The Morgan fingerprint density at radius 1 is 1.00 bits per heavy atom. The van der Waals surface area contributed by atoms with Crippen LogP contribution in [0.2, 0.25) is 0 Å². The minimum Gasteiger partial charge on any atom is -0.497 e. The molecule has 0 bridgehead atoms. The molecule has 0 radical (unpaired) electrons. The van der Waals surface area contributed by atoms with Crippen LogP contribution < -0.4 is 24.3 Å². The summed E-state index contributed by atoms with van der Waals surface area (Å²) in [6, 6.07) is 10.3. The topological polar surface area (TPSA) is 86.2 Å². The first-order chi connectivity index (χ1) is 14.5. The van der Waals surface area contributed by atoms with E-state index in [2.05, 4.69) is 5.32 Å². The summed E-state index contributed by atoms with van der Waals surface area (Å²) in [5, 5.41) is 13.3. The molecule has 1 amide bonds. The predicted molar refractivity (Wildman–Crippen MR) is 113 cm³/mol. The molecule has 2 aromatic carbocycles. The molecular weight excluding hydrogens is 386 g/mol. The van der Waals surface area contributed by atoms with Crippen LogP contribution in [0.15, 0.2) is 36.4 Å². The number of ether oxygens (including phenoxy) is 4. The van der Waals surface area contributed by atoms with Gasteiger partial charge in [0, 0.05) is 17.7 Å². The van der Waals surface area contributed by atoms with Crippen molar-refractivity contribution in [2.24, 2.45) is 0 Å². The SMILES string of the molecule is COc1ccc(OC)c(C(O)CNC(=O)c2ccc(OC3CCCC3)c(OC)c2)c1. The van der Waals surface area contributed by atoms with Crippen molar-refractivity contribution in [3.8, 4) is 23.0 Å². The van der Waals surface area contributed by atoms with E-state index in [1.165, 1.54) is 20.0 Å². The fourth-order valence-electron chi connectivity index (χ4n) is 3.59. The van der Waals surface area contributed by atoms with Gasteiger partial charge in [-0.1, -0.05) is 0 Å². The molecule has 1 aliphatic carbocycles. The first kappa shape index (κ1) is 21.8. The van der Waals surface area contributed by atoms with Crippen LogP contribution in [-0.4, -0.2) is 45.0 Å². The molecule has 0 aromatic heterocycles. The monoisotopic (exact) mass is 415 g/mol. The molecule has 0 saturated heterocycles. The van der Waals surface area contributed by atoms with Crippen molar-refractivity contribution in [2.75, 3.05) is 27.9 Å². The van der Waals surface area contributed by atoms with Crippen LogP contribution in [0.25, 0.3) is 0 Å². The highest BCUT2D eigenvalue weighted by molar-refractivity contribution is 5.94. The molecule has 1 saturated carbocycles. The van der Waals surface area contributed by atoms with E-state index in [-0.39, 0.29) is 18.6 Å². The average Bonchev–Trinajstić information content (AvgIpc) is 3.30. The van der Waals surface area contributed by atoms with E-state index in [1.807, 2.05) is 0 Å². The number of amides is 1. The highest BCUT2D eigenvalue weighted by Crippen LogP contribution is 2.33. The Hall–Kier alpha value is -2.93. The van der Waals surface area contributed by atoms with Gasteiger partial charge in [0.05, 0.1) is 27.4 Å². The van der Waals surface area contributed by atoms with Gasteiger partial charge in [0.2, 0.25) is 0 Å². The van der Waals surface area contributed by atoms with Crippen LogP contribution in [0, 0.1) is 0 Å². The Balaban J connectivity index is 1.65. The van der Waals surface area contributed by atoms with E-state index in [1.54, 1.807) is 50.6 Å². The van der Waals surface area contributed by atoms with E-state index in [0.717, 1.165) is 12.8 Å². The van der Waals surface area contributed by atoms with Crippen molar-refractivity contribution < 1.29 is 28.8 Å². The van der Waals surface area contributed by atoms with Gasteiger partial charge in [0.25, 0.3) is 5.91 Å². The number of aliphatic hydroxyl groups is 1. The molecule has 3 rings (SSSR count). The quantitative estimate of drug-likeness (QED) is 0.652. The van der Waals surface area contributed by atoms with Gasteiger partial charge in [-0.3, -0.25) is 4.79 Å². The third kappa shape index (κ3) is 5.16. The average molecular weight is 415 g/mol. The maximum Gasteiger partial charge on any atom is 0.251 e. The molecular formula is C23H29NO6. The summed E-state index contributed by atoms with van der Waals surface area (Å²) in [6.45, 7) is 0.0189. The summed E-state index contributed by atoms with van der Waals surface area (Å²) in [4.78, 5) is 12.6. The number of hydrogen-bond donors (Lipinski definition) is 2. The summed E-state index contributed by atoms with van der Waals surface area (Å²) in [5.41, 5.74) is 0.963. The van der Waals surface area contributed by atoms with Crippen molar-refractivity contribution in [1.82, 2.24) is 5.32 Å². The fraction of sp³-hybridized carbons (Fsp3) is 0.435. The Kier molecular flexibility index (Phi) is 7.41. The van der Waals surface area contributed by atoms with E-state index in [4.69, 9.17) is 18.9 Å². The van der Waals surface area contributed by atoms with E-state index in [0.29, 0.717) is 34.1 Å². The lowest BCUT2D eigenvalue weighted by atomic mass is 10.1. The Morgan fingerprint density at radius 3 is 2.37 bits per heavy atom. The number of aliphatic hydroxyl groups excluding tert-OH is 1. The largest absolute Gasteiger partial charge is 0.497 e. The molecule has 1 unspecified atom stereocenters. The van der Waals surface area contributed by atoms with Gasteiger partial charge in [-0.25, -0.2) is 0 Å². The van der Waals surface area contributed by atoms with Crippen molar-refractivity contribution in [3.05, 3.63) is 47.5 Å². The number of methoxy groups -OCH3 is 3. The second kappa shape index (κ2) is 10.2. The maximum absolute atomic E-state index is 12.6.